The summed E-state index contributed by atoms with van der Waals surface area (Å²) in [6.45, 7) is 1.96. The molecular weight excluding hydrogens is 271 g/mol. The van der Waals surface area contributed by atoms with Crippen molar-refractivity contribution in [3.63, 3.8) is 0 Å². The number of nitrogens with one attached hydrogen (secondary N) is 1. The molecule has 0 bridgehead atoms. The van der Waals surface area contributed by atoms with Crippen LogP contribution in [-0.2, 0) is 6.18 Å². The predicted molar refractivity (Wildman–Crippen MR) is 66.8 cm³/mol. The fraction of sp³-hybridized carbons (Fsp3) is 0.385. The van der Waals surface area contributed by atoms with Crippen LogP contribution in [0.2, 0.25) is 0 Å². The summed E-state index contributed by atoms with van der Waals surface area (Å²) in [5.41, 5.74) is -0.245. The number of halogens is 3. The second kappa shape index (κ2) is 5.62. The molecule has 7 heteroatoms. The van der Waals surface area contributed by atoms with Crippen LogP contribution in [-0.4, -0.2) is 17.2 Å². The van der Waals surface area contributed by atoms with Gasteiger partial charge in [0.15, 0.2) is 0 Å². The molecule has 2 rings (SSSR count). The SMILES string of the molecule is CCC(NC)c1nnc(-c2ccc(C(F)(F)F)cc2)o1. The number of hydrogen-bond donors (Lipinski definition) is 1. The van der Waals surface area contributed by atoms with Gasteiger partial charge in [0, 0.05) is 5.56 Å². The van der Waals surface area contributed by atoms with Crippen molar-refractivity contribution in [3.8, 4) is 11.5 Å². The van der Waals surface area contributed by atoms with Crippen LogP contribution in [0, 0.1) is 0 Å². The Kier molecular flexibility index (Phi) is 4.08. The smallest absolute Gasteiger partial charge is 0.416 e. The topological polar surface area (TPSA) is 51.0 Å². The van der Waals surface area contributed by atoms with E-state index in [9.17, 15) is 13.2 Å². The molecule has 0 aliphatic carbocycles. The molecule has 0 saturated heterocycles. The molecule has 0 aliphatic heterocycles. The summed E-state index contributed by atoms with van der Waals surface area (Å²) < 4.78 is 42.9. The average Bonchev–Trinajstić information content (AvgIpc) is 2.89. The minimum atomic E-state index is -4.35. The highest BCUT2D eigenvalue weighted by atomic mass is 19.4. The van der Waals surface area contributed by atoms with Gasteiger partial charge >= 0.3 is 6.18 Å². The van der Waals surface area contributed by atoms with Gasteiger partial charge in [-0.25, -0.2) is 0 Å². The lowest BCUT2D eigenvalue weighted by atomic mass is 10.1. The van der Waals surface area contributed by atoms with Crippen molar-refractivity contribution in [2.75, 3.05) is 7.05 Å². The second-order valence-corrected chi connectivity index (χ2v) is 4.27. The van der Waals surface area contributed by atoms with Gasteiger partial charge in [-0.3, -0.25) is 0 Å². The third-order valence-electron chi connectivity index (χ3n) is 2.95. The van der Waals surface area contributed by atoms with Gasteiger partial charge in [0.2, 0.25) is 11.8 Å². The maximum Gasteiger partial charge on any atom is 0.416 e. The molecule has 0 amide bonds. The third-order valence-corrected chi connectivity index (χ3v) is 2.95. The first-order valence-electron chi connectivity index (χ1n) is 6.14. The number of benzene rings is 1. The zero-order valence-corrected chi connectivity index (χ0v) is 11.0. The normalized spacial score (nSPS) is 13.4. The van der Waals surface area contributed by atoms with Gasteiger partial charge in [-0.15, -0.1) is 10.2 Å². The fourth-order valence-electron chi connectivity index (χ4n) is 1.80. The fourth-order valence-corrected chi connectivity index (χ4v) is 1.80. The van der Waals surface area contributed by atoms with E-state index in [0.717, 1.165) is 18.6 Å². The van der Waals surface area contributed by atoms with Gasteiger partial charge in [0.25, 0.3) is 0 Å². The van der Waals surface area contributed by atoms with E-state index in [1.807, 2.05) is 6.92 Å². The van der Waals surface area contributed by atoms with Crippen molar-refractivity contribution in [2.24, 2.45) is 0 Å². The Bertz CT molecular complexity index is 559. The van der Waals surface area contributed by atoms with Crippen LogP contribution >= 0.6 is 0 Å². The zero-order chi connectivity index (χ0) is 14.8. The molecule has 2 aromatic rings. The van der Waals surface area contributed by atoms with E-state index >= 15 is 0 Å². The van der Waals surface area contributed by atoms with E-state index in [1.165, 1.54) is 12.1 Å². The molecule has 1 N–H and O–H groups in total. The lowest BCUT2D eigenvalue weighted by Crippen LogP contribution is -2.15. The first-order valence-corrected chi connectivity index (χ1v) is 6.14. The van der Waals surface area contributed by atoms with Crippen LogP contribution in [0.3, 0.4) is 0 Å². The van der Waals surface area contributed by atoms with Crippen molar-refractivity contribution in [1.82, 2.24) is 15.5 Å². The molecule has 0 saturated carbocycles. The van der Waals surface area contributed by atoms with Gasteiger partial charge in [-0.05, 0) is 37.7 Å². The molecule has 0 spiro atoms. The van der Waals surface area contributed by atoms with Crippen LogP contribution in [0.5, 0.6) is 0 Å². The van der Waals surface area contributed by atoms with Gasteiger partial charge in [0.1, 0.15) is 0 Å². The highest BCUT2D eigenvalue weighted by Crippen LogP contribution is 2.31. The van der Waals surface area contributed by atoms with E-state index < -0.39 is 11.7 Å². The lowest BCUT2D eigenvalue weighted by Gasteiger charge is -2.07. The average molecular weight is 285 g/mol. The first kappa shape index (κ1) is 14.5. The van der Waals surface area contributed by atoms with Crippen LogP contribution in [0.1, 0.15) is 30.8 Å². The molecule has 1 heterocycles. The monoisotopic (exact) mass is 285 g/mol. The Balaban J connectivity index is 2.24. The largest absolute Gasteiger partial charge is 0.419 e. The van der Waals surface area contributed by atoms with Crippen molar-refractivity contribution in [1.29, 1.82) is 0 Å². The number of nitrogens with zero attached hydrogens (tertiary/aromatic N) is 2. The highest BCUT2D eigenvalue weighted by molar-refractivity contribution is 5.53. The molecule has 1 atom stereocenters. The number of alkyl halides is 3. The maximum absolute atomic E-state index is 12.5. The number of hydrogen-bond acceptors (Lipinski definition) is 4. The summed E-state index contributed by atoms with van der Waals surface area (Å²) in [4.78, 5) is 0. The van der Waals surface area contributed by atoms with Crippen molar-refractivity contribution >= 4 is 0 Å². The third kappa shape index (κ3) is 2.98. The van der Waals surface area contributed by atoms with Gasteiger partial charge in [-0.2, -0.15) is 13.2 Å². The molecule has 0 radical (unpaired) electrons. The van der Waals surface area contributed by atoms with E-state index in [2.05, 4.69) is 15.5 Å². The minimum Gasteiger partial charge on any atom is -0.419 e. The summed E-state index contributed by atoms with van der Waals surface area (Å²) in [6.07, 6.45) is -3.58. The summed E-state index contributed by atoms with van der Waals surface area (Å²) in [6, 6.07) is 4.56. The molecule has 4 nitrogen and oxygen atoms in total. The van der Waals surface area contributed by atoms with E-state index in [-0.39, 0.29) is 11.9 Å². The Hall–Kier alpha value is -1.89. The Morgan fingerprint density at radius 1 is 1.20 bits per heavy atom. The minimum absolute atomic E-state index is 0.0642. The molecular formula is C13H14F3N3O. The van der Waals surface area contributed by atoms with Gasteiger partial charge in [-0.1, -0.05) is 6.92 Å². The molecule has 20 heavy (non-hydrogen) atoms. The molecule has 0 aliphatic rings. The molecule has 108 valence electrons. The number of rotatable bonds is 4. The maximum atomic E-state index is 12.5. The van der Waals surface area contributed by atoms with Crippen LogP contribution < -0.4 is 5.32 Å². The van der Waals surface area contributed by atoms with Crippen molar-refractivity contribution in [2.45, 2.75) is 25.6 Å². The second-order valence-electron chi connectivity index (χ2n) is 4.27. The van der Waals surface area contributed by atoms with E-state index in [4.69, 9.17) is 4.42 Å². The summed E-state index contributed by atoms with van der Waals surface area (Å²) >= 11 is 0. The highest BCUT2D eigenvalue weighted by Gasteiger charge is 2.30. The Labute approximate surface area is 114 Å². The van der Waals surface area contributed by atoms with Crippen LogP contribution in [0.4, 0.5) is 13.2 Å². The van der Waals surface area contributed by atoms with Crippen LogP contribution in [0.25, 0.3) is 11.5 Å². The van der Waals surface area contributed by atoms with E-state index in [0.29, 0.717) is 11.5 Å². The molecule has 1 aromatic carbocycles. The summed E-state index contributed by atoms with van der Waals surface area (Å²) in [7, 11) is 1.77. The Morgan fingerprint density at radius 3 is 2.35 bits per heavy atom. The number of aromatic nitrogens is 2. The summed E-state index contributed by atoms with van der Waals surface area (Å²) in [5.74, 6) is 0.632. The van der Waals surface area contributed by atoms with Gasteiger partial charge in [0.05, 0.1) is 11.6 Å². The Morgan fingerprint density at radius 2 is 1.85 bits per heavy atom. The summed E-state index contributed by atoms with van der Waals surface area (Å²) in [5, 5.41) is 10.8. The van der Waals surface area contributed by atoms with Gasteiger partial charge < -0.3 is 9.73 Å². The predicted octanol–water partition coefficient (Wildman–Crippen LogP) is 3.43. The van der Waals surface area contributed by atoms with Crippen LogP contribution in [0.15, 0.2) is 28.7 Å². The molecule has 1 aromatic heterocycles. The first-order chi connectivity index (χ1) is 9.45. The van der Waals surface area contributed by atoms with E-state index in [1.54, 1.807) is 7.05 Å². The lowest BCUT2D eigenvalue weighted by molar-refractivity contribution is -0.137. The molecule has 0 fully saturated rings. The van der Waals surface area contributed by atoms with Crippen molar-refractivity contribution in [3.05, 3.63) is 35.7 Å². The quantitative estimate of drug-likeness (QED) is 0.935. The van der Waals surface area contributed by atoms with Crippen molar-refractivity contribution < 1.29 is 17.6 Å². The zero-order valence-electron chi connectivity index (χ0n) is 11.0. The molecule has 1 unspecified atom stereocenters. The standard InChI is InChI=1S/C13H14F3N3O/c1-3-10(17-2)12-19-18-11(20-12)8-4-6-9(7-5-8)13(14,15)16/h4-7,10,17H,3H2,1-2H3.